The van der Waals surface area contributed by atoms with Crippen molar-refractivity contribution in [2.75, 3.05) is 11.3 Å². The lowest BCUT2D eigenvalue weighted by molar-refractivity contribution is 0.342. The van der Waals surface area contributed by atoms with Crippen LogP contribution in [0.5, 0.6) is 5.75 Å². The Kier molecular flexibility index (Phi) is 4.72. The Balaban J connectivity index is 2.37. The zero-order valence-electron chi connectivity index (χ0n) is 11.0. The van der Waals surface area contributed by atoms with E-state index in [9.17, 15) is 8.42 Å². The van der Waals surface area contributed by atoms with Crippen molar-refractivity contribution in [3.8, 4) is 5.75 Å². The van der Waals surface area contributed by atoms with Gasteiger partial charge in [0.15, 0.2) is 4.21 Å². The van der Waals surface area contributed by atoms with E-state index in [1.54, 1.807) is 17.5 Å². The first-order valence-electron chi connectivity index (χ1n) is 5.93. The highest BCUT2D eigenvalue weighted by Gasteiger charge is 2.20. The van der Waals surface area contributed by atoms with Crippen molar-refractivity contribution < 1.29 is 13.2 Å². The Bertz CT molecular complexity index is 710. The normalized spacial score (nSPS) is 11.3. The fourth-order valence-electron chi connectivity index (χ4n) is 1.65. The summed E-state index contributed by atoms with van der Waals surface area (Å²) in [7, 11) is -3.61. The maximum Gasteiger partial charge on any atom is 0.272 e. The summed E-state index contributed by atoms with van der Waals surface area (Å²) in [5.74, 6) is 0.531. The van der Waals surface area contributed by atoms with Gasteiger partial charge in [0, 0.05) is 4.47 Å². The van der Waals surface area contributed by atoms with Crippen molar-refractivity contribution in [1.82, 2.24) is 0 Å². The molecule has 0 radical (unpaired) electrons. The van der Waals surface area contributed by atoms with E-state index in [-0.39, 0.29) is 4.21 Å². The van der Waals surface area contributed by atoms with E-state index in [0.717, 1.165) is 16.9 Å². The molecule has 1 heterocycles. The summed E-state index contributed by atoms with van der Waals surface area (Å²) in [5.41, 5.74) is 1.45. The maximum atomic E-state index is 12.3. The quantitative estimate of drug-likeness (QED) is 0.858. The van der Waals surface area contributed by atoms with Gasteiger partial charge in [0.25, 0.3) is 10.0 Å². The van der Waals surface area contributed by atoms with Gasteiger partial charge >= 0.3 is 0 Å². The molecule has 0 spiro atoms. The molecule has 0 fully saturated rings. The second kappa shape index (κ2) is 6.15. The van der Waals surface area contributed by atoms with Crippen LogP contribution in [0.3, 0.4) is 0 Å². The van der Waals surface area contributed by atoms with Gasteiger partial charge in [-0.2, -0.15) is 0 Å². The van der Waals surface area contributed by atoms with Crippen molar-refractivity contribution in [2.24, 2.45) is 0 Å². The number of nitrogens with one attached hydrogen (secondary N) is 1. The van der Waals surface area contributed by atoms with Gasteiger partial charge in [-0.15, -0.1) is 11.3 Å². The monoisotopic (exact) mass is 375 g/mol. The third-order valence-electron chi connectivity index (χ3n) is 2.51. The summed E-state index contributed by atoms with van der Waals surface area (Å²) in [6.07, 6.45) is 0. The number of hydrogen-bond acceptors (Lipinski definition) is 4. The summed E-state index contributed by atoms with van der Waals surface area (Å²) >= 11 is 4.40. The van der Waals surface area contributed by atoms with E-state index in [2.05, 4.69) is 20.7 Å². The molecule has 0 saturated carbocycles. The van der Waals surface area contributed by atoms with Crippen LogP contribution in [0.1, 0.15) is 12.5 Å². The lowest BCUT2D eigenvalue weighted by atomic mass is 10.2. The maximum absolute atomic E-state index is 12.3. The van der Waals surface area contributed by atoms with Gasteiger partial charge in [-0.1, -0.05) is 6.07 Å². The van der Waals surface area contributed by atoms with Crippen molar-refractivity contribution in [2.45, 2.75) is 18.1 Å². The highest BCUT2D eigenvalue weighted by Crippen LogP contribution is 2.32. The van der Waals surface area contributed by atoms with Crippen LogP contribution in [0.25, 0.3) is 0 Å². The average Bonchev–Trinajstić information content (AvgIpc) is 2.80. The summed E-state index contributed by atoms with van der Waals surface area (Å²) in [6.45, 7) is 4.26. The second-order valence-electron chi connectivity index (χ2n) is 4.09. The van der Waals surface area contributed by atoms with Crippen LogP contribution in [0.2, 0.25) is 0 Å². The Labute approximate surface area is 131 Å². The molecule has 1 aromatic carbocycles. The highest BCUT2D eigenvalue weighted by atomic mass is 79.9. The number of sulfonamides is 1. The topological polar surface area (TPSA) is 55.4 Å². The molecular weight excluding hydrogens is 362 g/mol. The van der Waals surface area contributed by atoms with Gasteiger partial charge in [-0.25, -0.2) is 8.42 Å². The smallest absolute Gasteiger partial charge is 0.272 e. The molecular formula is C13H14BrNO3S2. The Morgan fingerprint density at radius 3 is 2.70 bits per heavy atom. The minimum absolute atomic E-state index is 0.250. The number of aryl methyl sites for hydroxylation is 1. The largest absolute Gasteiger partial charge is 0.492 e. The zero-order chi connectivity index (χ0) is 14.8. The lowest BCUT2D eigenvalue weighted by Crippen LogP contribution is -2.13. The summed E-state index contributed by atoms with van der Waals surface area (Å²) in [4.78, 5) is 0. The molecule has 1 aromatic heterocycles. The van der Waals surface area contributed by atoms with Crippen molar-refractivity contribution >= 4 is 43.0 Å². The SMILES string of the molecule is CCOc1cc(C)ccc1NS(=O)(=O)c1sccc1Br. The number of ether oxygens (including phenoxy) is 1. The van der Waals surface area contributed by atoms with Gasteiger partial charge in [0.2, 0.25) is 0 Å². The Hall–Kier alpha value is -1.05. The van der Waals surface area contributed by atoms with Crippen LogP contribution in [0.4, 0.5) is 5.69 Å². The van der Waals surface area contributed by atoms with Gasteiger partial charge in [0.05, 0.1) is 12.3 Å². The summed E-state index contributed by atoms with van der Waals surface area (Å²) in [5, 5.41) is 1.72. The molecule has 0 atom stereocenters. The predicted octanol–water partition coefficient (Wildman–Crippen LogP) is 4.02. The summed E-state index contributed by atoms with van der Waals surface area (Å²) < 4.78 is 33.5. The molecule has 0 bridgehead atoms. The zero-order valence-corrected chi connectivity index (χ0v) is 14.2. The second-order valence-corrected chi connectivity index (χ2v) is 7.74. The van der Waals surface area contributed by atoms with Gasteiger partial charge in [-0.3, -0.25) is 4.72 Å². The van der Waals surface area contributed by atoms with Gasteiger partial charge < -0.3 is 4.74 Å². The van der Waals surface area contributed by atoms with Crippen LogP contribution in [-0.2, 0) is 10.0 Å². The van der Waals surface area contributed by atoms with E-state index in [4.69, 9.17) is 4.74 Å². The number of rotatable bonds is 5. The minimum Gasteiger partial charge on any atom is -0.492 e. The predicted molar refractivity (Wildman–Crippen MR) is 85.2 cm³/mol. The third kappa shape index (κ3) is 3.34. The first kappa shape index (κ1) is 15.3. The molecule has 0 aliphatic rings. The minimum atomic E-state index is -3.61. The standard InChI is InChI=1S/C13H14BrNO3S2/c1-3-18-12-8-9(2)4-5-11(12)15-20(16,17)13-10(14)6-7-19-13/h4-8,15H,3H2,1-2H3. The molecule has 2 aromatic rings. The van der Waals surface area contributed by atoms with Crippen LogP contribution < -0.4 is 9.46 Å². The van der Waals surface area contributed by atoms with E-state index in [1.807, 2.05) is 26.0 Å². The van der Waals surface area contributed by atoms with Gasteiger partial charge in [0.1, 0.15) is 5.75 Å². The molecule has 1 N–H and O–H groups in total. The number of anilines is 1. The molecule has 0 amide bonds. The van der Waals surface area contributed by atoms with E-state index >= 15 is 0 Å². The van der Waals surface area contributed by atoms with E-state index in [1.165, 1.54) is 0 Å². The molecule has 0 unspecified atom stereocenters. The third-order valence-corrected chi connectivity index (χ3v) is 6.55. The lowest BCUT2D eigenvalue weighted by Gasteiger charge is -2.13. The Morgan fingerprint density at radius 1 is 1.35 bits per heavy atom. The average molecular weight is 376 g/mol. The van der Waals surface area contributed by atoms with E-state index < -0.39 is 10.0 Å². The van der Waals surface area contributed by atoms with Crippen LogP contribution >= 0.6 is 27.3 Å². The van der Waals surface area contributed by atoms with Crippen LogP contribution in [0.15, 0.2) is 38.3 Å². The van der Waals surface area contributed by atoms with Gasteiger partial charge in [-0.05, 0) is 58.9 Å². The number of benzene rings is 1. The fraction of sp³-hybridized carbons (Fsp3) is 0.231. The number of hydrogen-bond donors (Lipinski definition) is 1. The first-order chi connectivity index (χ1) is 9.44. The first-order valence-corrected chi connectivity index (χ1v) is 9.09. The number of halogens is 1. The molecule has 0 aliphatic carbocycles. The molecule has 0 aliphatic heterocycles. The van der Waals surface area contributed by atoms with Crippen molar-refractivity contribution in [3.05, 3.63) is 39.7 Å². The van der Waals surface area contributed by atoms with Crippen molar-refractivity contribution in [1.29, 1.82) is 0 Å². The fourth-order valence-corrected chi connectivity index (χ4v) is 5.06. The van der Waals surface area contributed by atoms with Crippen LogP contribution in [-0.4, -0.2) is 15.0 Å². The van der Waals surface area contributed by atoms with E-state index in [0.29, 0.717) is 22.5 Å². The Morgan fingerprint density at radius 2 is 2.10 bits per heavy atom. The molecule has 108 valence electrons. The molecule has 0 saturated heterocycles. The number of thiophene rings is 1. The molecule has 2 rings (SSSR count). The highest BCUT2D eigenvalue weighted by molar-refractivity contribution is 9.10. The summed E-state index contributed by atoms with van der Waals surface area (Å²) in [6, 6.07) is 7.06. The molecule has 4 nitrogen and oxygen atoms in total. The van der Waals surface area contributed by atoms with Crippen LogP contribution in [0, 0.1) is 6.92 Å². The molecule has 20 heavy (non-hydrogen) atoms. The van der Waals surface area contributed by atoms with Crippen molar-refractivity contribution in [3.63, 3.8) is 0 Å². The molecule has 7 heteroatoms.